The number of carbonyl (C=O) groups excluding carboxylic acids is 1. The minimum absolute atomic E-state index is 0.0809. The number of likely N-dealkylation sites (tertiary alicyclic amines) is 1. The molecule has 2 nitrogen and oxygen atoms in total. The molecule has 2 heteroatoms. The molecule has 2 rings (SSSR count). The van der Waals surface area contributed by atoms with Crippen molar-refractivity contribution in [1.29, 1.82) is 0 Å². The molecule has 100 valence electrons. The number of hydrogen-bond donors (Lipinski definition) is 0. The molecule has 1 heterocycles. The van der Waals surface area contributed by atoms with Crippen LogP contribution in [-0.2, 0) is 0 Å². The summed E-state index contributed by atoms with van der Waals surface area (Å²) in [7, 11) is 0. The van der Waals surface area contributed by atoms with Crippen LogP contribution in [0.2, 0.25) is 0 Å². The van der Waals surface area contributed by atoms with Crippen molar-refractivity contribution in [1.82, 2.24) is 4.90 Å². The van der Waals surface area contributed by atoms with Crippen LogP contribution < -0.4 is 0 Å². The summed E-state index contributed by atoms with van der Waals surface area (Å²) in [5.41, 5.74) is 1.98. The highest BCUT2D eigenvalue weighted by molar-refractivity contribution is 6.08. The van der Waals surface area contributed by atoms with Crippen molar-refractivity contribution in [3.8, 4) is 12.0 Å². The molecular formula is C17H21NO. The summed E-state index contributed by atoms with van der Waals surface area (Å²) >= 11 is 0. The molecule has 0 spiro atoms. The Kier molecular flexibility index (Phi) is 4.63. The molecule has 0 amide bonds. The lowest BCUT2D eigenvalue weighted by Crippen LogP contribution is -2.12. The first kappa shape index (κ1) is 13.7. The Morgan fingerprint density at radius 2 is 1.89 bits per heavy atom. The summed E-state index contributed by atoms with van der Waals surface area (Å²) in [4.78, 5) is 14.0. The lowest BCUT2D eigenvalue weighted by atomic mass is 9.97. The van der Waals surface area contributed by atoms with Crippen LogP contribution in [-0.4, -0.2) is 23.8 Å². The van der Waals surface area contributed by atoms with Crippen LogP contribution in [0.5, 0.6) is 0 Å². The summed E-state index contributed by atoms with van der Waals surface area (Å²) in [5.74, 6) is 3.20. The van der Waals surface area contributed by atoms with E-state index in [0.29, 0.717) is 11.5 Å². The molecule has 0 bridgehead atoms. The van der Waals surface area contributed by atoms with E-state index < -0.39 is 0 Å². The summed E-state index contributed by atoms with van der Waals surface area (Å²) in [6, 6.07) is 10.8. The summed E-state index contributed by atoms with van der Waals surface area (Å²) in [5, 5.41) is 0. The zero-order chi connectivity index (χ0) is 13.7. The maximum atomic E-state index is 12.0. The highest BCUT2D eigenvalue weighted by Gasteiger charge is 2.08. The molecule has 1 atom stereocenters. The molecule has 1 fully saturated rings. The smallest absolute Gasteiger partial charge is 0.237 e. The highest BCUT2D eigenvalue weighted by Crippen LogP contribution is 2.18. The molecule has 1 aliphatic heterocycles. The van der Waals surface area contributed by atoms with E-state index in [1.165, 1.54) is 18.4 Å². The van der Waals surface area contributed by atoms with Crippen molar-refractivity contribution in [2.75, 3.05) is 13.1 Å². The lowest BCUT2D eigenvalue weighted by molar-refractivity contribution is 0.105. The zero-order valence-corrected chi connectivity index (χ0v) is 11.8. The Hall–Kier alpha value is -1.75. The van der Waals surface area contributed by atoms with E-state index in [0.717, 1.165) is 19.5 Å². The van der Waals surface area contributed by atoms with Crippen LogP contribution in [0.1, 0.15) is 54.9 Å². The molecule has 1 saturated heterocycles. The first-order valence-corrected chi connectivity index (χ1v) is 7.11. The minimum atomic E-state index is -0.0809. The van der Waals surface area contributed by atoms with Gasteiger partial charge in [-0.05, 0) is 36.7 Å². The number of ketones is 1. The topological polar surface area (TPSA) is 20.3 Å². The van der Waals surface area contributed by atoms with Gasteiger partial charge < -0.3 is 4.90 Å². The quantitative estimate of drug-likeness (QED) is 0.609. The molecule has 0 saturated carbocycles. The number of rotatable bonds is 3. The van der Waals surface area contributed by atoms with Crippen LogP contribution in [0.25, 0.3) is 0 Å². The monoisotopic (exact) mass is 255 g/mol. The van der Waals surface area contributed by atoms with Gasteiger partial charge in [0.1, 0.15) is 0 Å². The number of Topliss-reactive ketones (excluding diaryl/α,β-unsaturated/α-hetero) is 1. The molecule has 0 aromatic heterocycles. The molecule has 1 aliphatic rings. The Bertz CT molecular complexity index is 486. The third kappa shape index (κ3) is 3.61. The van der Waals surface area contributed by atoms with Crippen molar-refractivity contribution < 1.29 is 4.79 Å². The fourth-order valence-corrected chi connectivity index (χ4v) is 2.23. The van der Waals surface area contributed by atoms with E-state index in [4.69, 9.17) is 0 Å². The highest BCUT2D eigenvalue weighted by atomic mass is 16.1. The van der Waals surface area contributed by atoms with Crippen LogP contribution in [0.3, 0.4) is 0 Å². The van der Waals surface area contributed by atoms with Gasteiger partial charge in [-0.15, -0.1) is 0 Å². The minimum Gasteiger partial charge on any atom is -0.332 e. The van der Waals surface area contributed by atoms with Gasteiger partial charge in [-0.25, -0.2) is 0 Å². The van der Waals surface area contributed by atoms with Crippen molar-refractivity contribution in [2.45, 2.75) is 39.0 Å². The van der Waals surface area contributed by atoms with Gasteiger partial charge in [0.2, 0.25) is 5.78 Å². The molecule has 0 aliphatic carbocycles. The van der Waals surface area contributed by atoms with Crippen LogP contribution in [0, 0.1) is 12.0 Å². The number of carbonyl (C=O) groups is 1. The maximum Gasteiger partial charge on any atom is 0.237 e. The number of nitrogens with zero attached hydrogens (tertiary/aromatic N) is 1. The number of hydrogen-bond acceptors (Lipinski definition) is 2. The molecule has 19 heavy (non-hydrogen) atoms. The molecule has 1 unspecified atom stereocenters. The van der Waals surface area contributed by atoms with Gasteiger partial charge in [-0.3, -0.25) is 4.79 Å². The average molecular weight is 255 g/mol. The van der Waals surface area contributed by atoms with Crippen LogP contribution in [0.4, 0.5) is 0 Å². The second-order valence-electron chi connectivity index (χ2n) is 5.19. The van der Waals surface area contributed by atoms with E-state index in [-0.39, 0.29) is 5.78 Å². The Balaban J connectivity index is 2.03. The second kappa shape index (κ2) is 6.43. The average Bonchev–Trinajstić information content (AvgIpc) is 2.97. The van der Waals surface area contributed by atoms with Crippen LogP contribution >= 0.6 is 0 Å². The van der Waals surface area contributed by atoms with Gasteiger partial charge in [-0.2, -0.15) is 0 Å². The van der Waals surface area contributed by atoms with E-state index in [9.17, 15) is 4.79 Å². The molecule has 0 radical (unpaired) electrons. The molecule has 1 aromatic rings. The molecule has 0 N–H and O–H groups in total. The van der Waals surface area contributed by atoms with Crippen LogP contribution in [0.15, 0.2) is 24.3 Å². The normalized spacial score (nSPS) is 15.8. The van der Waals surface area contributed by atoms with Gasteiger partial charge in [0.15, 0.2) is 0 Å². The first-order chi connectivity index (χ1) is 9.20. The van der Waals surface area contributed by atoms with Crippen molar-refractivity contribution >= 4 is 5.78 Å². The standard InChI is InChI=1S/C17H21NO/c1-3-14(2)15-6-8-16(9-7-15)17(19)10-13-18-11-4-5-12-18/h6-9,14H,3-5,11-12H2,1-2H3. The third-order valence-electron chi connectivity index (χ3n) is 3.79. The number of benzene rings is 1. The fraction of sp³-hybridized carbons (Fsp3) is 0.471. The van der Waals surface area contributed by atoms with Crippen molar-refractivity contribution in [3.63, 3.8) is 0 Å². The summed E-state index contributed by atoms with van der Waals surface area (Å²) in [6.07, 6.45) is 3.49. The Labute approximate surface area is 115 Å². The SMILES string of the molecule is CCC(C)c1ccc(C(=O)C#CN2CCCC2)cc1. The Morgan fingerprint density at radius 1 is 1.26 bits per heavy atom. The van der Waals surface area contributed by atoms with Crippen molar-refractivity contribution in [2.24, 2.45) is 0 Å². The van der Waals surface area contributed by atoms with Gasteiger partial charge in [0.05, 0.1) is 0 Å². The molecule has 1 aromatic carbocycles. The van der Waals surface area contributed by atoms with E-state index in [1.807, 2.05) is 29.2 Å². The molecular weight excluding hydrogens is 234 g/mol. The van der Waals surface area contributed by atoms with Gasteiger partial charge in [0.25, 0.3) is 0 Å². The van der Waals surface area contributed by atoms with E-state index >= 15 is 0 Å². The fourth-order valence-electron chi connectivity index (χ4n) is 2.23. The summed E-state index contributed by atoms with van der Waals surface area (Å²) in [6.45, 7) is 6.36. The largest absolute Gasteiger partial charge is 0.332 e. The predicted molar refractivity (Wildman–Crippen MR) is 78.1 cm³/mol. The van der Waals surface area contributed by atoms with E-state index in [1.54, 1.807) is 0 Å². The second-order valence-corrected chi connectivity index (χ2v) is 5.19. The zero-order valence-electron chi connectivity index (χ0n) is 11.8. The first-order valence-electron chi connectivity index (χ1n) is 7.11. The summed E-state index contributed by atoms with van der Waals surface area (Å²) < 4.78 is 0. The van der Waals surface area contributed by atoms with Gasteiger partial charge in [0, 0.05) is 24.7 Å². The Morgan fingerprint density at radius 3 is 2.47 bits per heavy atom. The van der Waals surface area contributed by atoms with E-state index in [2.05, 4.69) is 25.8 Å². The van der Waals surface area contributed by atoms with Crippen molar-refractivity contribution in [3.05, 3.63) is 35.4 Å². The lowest BCUT2D eigenvalue weighted by Gasteiger charge is -2.08. The predicted octanol–water partition coefficient (Wildman–Crippen LogP) is 3.44. The third-order valence-corrected chi connectivity index (χ3v) is 3.79. The van der Waals surface area contributed by atoms with Gasteiger partial charge in [-0.1, -0.05) is 38.1 Å². The van der Waals surface area contributed by atoms with Gasteiger partial charge >= 0.3 is 0 Å². The maximum absolute atomic E-state index is 12.0.